The van der Waals surface area contributed by atoms with E-state index in [0.29, 0.717) is 17.0 Å². The molecule has 2 aromatic heterocycles. The van der Waals surface area contributed by atoms with Crippen LogP contribution in [0.15, 0.2) is 12.7 Å². The molecule has 0 aliphatic carbocycles. The van der Waals surface area contributed by atoms with E-state index < -0.39 is 24.5 Å². The smallest absolute Gasteiger partial charge is 0.174 e. The second kappa shape index (κ2) is 4.63. The van der Waals surface area contributed by atoms with Gasteiger partial charge in [-0.25, -0.2) is 20.8 Å². The molecule has 9 heteroatoms. The molecule has 0 unspecified atom stereocenters. The van der Waals surface area contributed by atoms with Crippen molar-refractivity contribution in [1.29, 1.82) is 0 Å². The van der Waals surface area contributed by atoms with Gasteiger partial charge in [0.25, 0.3) is 0 Å². The van der Waals surface area contributed by atoms with Crippen molar-refractivity contribution >= 4 is 17.0 Å². The van der Waals surface area contributed by atoms with Crippen LogP contribution in [-0.2, 0) is 4.74 Å². The lowest BCUT2D eigenvalue weighted by Gasteiger charge is -2.17. The van der Waals surface area contributed by atoms with E-state index >= 15 is 0 Å². The SMILES string of the molecule is C[C@H]1O[C@@H](n2cnc3c(N(C)N)ncnc32)[C@H](O)[C@@H]1O. The molecule has 0 bridgehead atoms. The van der Waals surface area contributed by atoms with Crippen LogP contribution in [0.3, 0.4) is 0 Å². The average molecular weight is 280 g/mol. The number of hydrazine groups is 1. The van der Waals surface area contributed by atoms with E-state index in [1.165, 1.54) is 17.7 Å². The Kier molecular flexibility index (Phi) is 3.05. The molecule has 108 valence electrons. The number of fused-ring (bicyclic) bond motifs is 1. The van der Waals surface area contributed by atoms with Crippen LogP contribution in [-0.4, -0.2) is 55.1 Å². The van der Waals surface area contributed by atoms with Crippen molar-refractivity contribution in [2.75, 3.05) is 12.1 Å². The van der Waals surface area contributed by atoms with Crippen LogP contribution in [0.4, 0.5) is 5.82 Å². The molecule has 9 nitrogen and oxygen atoms in total. The predicted molar refractivity (Wildman–Crippen MR) is 69.5 cm³/mol. The van der Waals surface area contributed by atoms with Gasteiger partial charge in [0.1, 0.15) is 18.5 Å². The summed E-state index contributed by atoms with van der Waals surface area (Å²) in [4.78, 5) is 12.4. The second-order valence-corrected chi connectivity index (χ2v) is 4.85. The molecule has 2 aromatic rings. The van der Waals surface area contributed by atoms with Crippen LogP contribution in [0.2, 0.25) is 0 Å². The predicted octanol–water partition coefficient (Wildman–Crippen LogP) is -1.22. The van der Waals surface area contributed by atoms with Gasteiger partial charge in [0, 0.05) is 7.05 Å². The van der Waals surface area contributed by atoms with Crippen molar-refractivity contribution in [2.24, 2.45) is 5.84 Å². The molecule has 0 radical (unpaired) electrons. The quantitative estimate of drug-likeness (QED) is 0.462. The van der Waals surface area contributed by atoms with Gasteiger partial charge in [-0.15, -0.1) is 0 Å². The number of anilines is 1. The number of aliphatic hydroxyl groups excluding tert-OH is 2. The molecule has 0 spiro atoms. The molecule has 1 saturated heterocycles. The number of ether oxygens (including phenoxy) is 1. The first kappa shape index (κ1) is 13.2. The van der Waals surface area contributed by atoms with Crippen molar-refractivity contribution < 1.29 is 14.9 Å². The van der Waals surface area contributed by atoms with Crippen molar-refractivity contribution in [3.05, 3.63) is 12.7 Å². The van der Waals surface area contributed by atoms with E-state index in [9.17, 15) is 10.2 Å². The highest BCUT2D eigenvalue weighted by molar-refractivity contribution is 5.82. The summed E-state index contributed by atoms with van der Waals surface area (Å²) in [6, 6.07) is 0. The van der Waals surface area contributed by atoms with E-state index in [4.69, 9.17) is 10.6 Å². The summed E-state index contributed by atoms with van der Waals surface area (Å²) in [5.41, 5.74) is 0.986. The maximum atomic E-state index is 10.0. The summed E-state index contributed by atoms with van der Waals surface area (Å²) in [6.07, 6.45) is -0.347. The van der Waals surface area contributed by atoms with Crippen molar-refractivity contribution in [3.63, 3.8) is 0 Å². The third-order valence-electron chi connectivity index (χ3n) is 3.42. The fourth-order valence-corrected chi connectivity index (χ4v) is 2.34. The summed E-state index contributed by atoms with van der Waals surface area (Å²) >= 11 is 0. The summed E-state index contributed by atoms with van der Waals surface area (Å²) in [6.45, 7) is 1.70. The van der Waals surface area contributed by atoms with Gasteiger partial charge in [0.15, 0.2) is 23.2 Å². The largest absolute Gasteiger partial charge is 0.388 e. The highest BCUT2D eigenvalue weighted by Crippen LogP contribution is 2.32. The maximum Gasteiger partial charge on any atom is 0.174 e. The lowest BCUT2D eigenvalue weighted by atomic mass is 10.1. The molecule has 4 N–H and O–H groups in total. The fourth-order valence-electron chi connectivity index (χ4n) is 2.34. The Morgan fingerprint density at radius 3 is 2.65 bits per heavy atom. The van der Waals surface area contributed by atoms with Gasteiger partial charge < -0.3 is 14.9 Å². The number of imidazole rings is 1. The first-order valence-electron chi connectivity index (χ1n) is 6.18. The Labute approximate surface area is 114 Å². The Balaban J connectivity index is 2.08. The minimum Gasteiger partial charge on any atom is -0.388 e. The van der Waals surface area contributed by atoms with E-state index in [1.807, 2.05) is 0 Å². The monoisotopic (exact) mass is 280 g/mol. The Bertz CT molecular complexity index is 630. The topological polar surface area (TPSA) is 123 Å². The molecule has 1 fully saturated rings. The number of hydrogen-bond donors (Lipinski definition) is 3. The molecule has 3 rings (SSSR count). The van der Waals surface area contributed by atoms with Crippen molar-refractivity contribution in [1.82, 2.24) is 19.5 Å². The van der Waals surface area contributed by atoms with Gasteiger partial charge in [-0.3, -0.25) is 9.58 Å². The Morgan fingerprint density at radius 2 is 2.05 bits per heavy atom. The van der Waals surface area contributed by atoms with Crippen LogP contribution in [0.1, 0.15) is 13.2 Å². The van der Waals surface area contributed by atoms with Gasteiger partial charge in [-0.05, 0) is 6.92 Å². The van der Waals surface area contributed by atoms with Crippen LogP contribution >= 0.6 is 0 Å². The molecular formula is C11H16N6O3. The highest BCUT2D eigenvalue weighted by Gasteiger charge is 2.42. The van der Waals surface area contributed by atoms with E-state index in [-0.39, 0.29) is 0 Å². The zero-order valence-corrected chi connectivity index (χ0v) is 11.1. The lowest BCUT2D eigenvalue weighted by molar-refractivity contribution is -0.0299. The number of aromatic nitrogens is 4. The van der Waals surface area contributed by atoms with Crippen LogP contribution in [0.25, 0.3) is 11.2 Å². The average Bonchev–Trinajstić information content (AvgIpc) is 2.95. The summed E-state index contributed by atoms with van der Waals surface area (Å²) in [7, 11) is 1.65. The zero-order valence-electron chi connectivity index (χ0n) is 11.1. The first-order valence-corrected chi connectivity index (χ1v) is 6.18. The number of nitrogens with zero attached hydrogens (tertiary/aromatic N) is 5. The minimum atomic E-state index is -1.04. The van der Waals surface area contributed by atoms with Crippen LogP contribution in [0, 0.1) is 0 Å². The molecule has 1 aliphatic rings. The second-order valence-electron chi connectivity index (χ2n) is 4.85. The minimum absolute atomic E-state index is 0.467. The zero-order chi connectivity index (χ0) is 14.4. The number of rotatable bonds is 2. The molecule has 0 saturated carbocycles. The van der Waals surface area contributed by atoms with Gasteiger partial charge >= 0.3 is 0 Å². The summed E-state index contributed by atoms with van der Waals surface area (Å²) in [5.74, 6) is 6.15. The number of nitrogens with two attached hydrogens (primary N) is 1. The molecular weight excluding hydrogens is 264 g/mol. The summed E-state index contributed by atoms with van der Waals surface area (Å²) in [5, 5.41) is 21.2. The van der Waals surface area contributed by atoms with Gasteiger partial charge in [-0.1, -0.05) is 0 Å². The molecule has 3 heterocycles. The van der Waals surface area contributed by atoms with Gasteiger partial charge in [0.05, 0.1) is 12.4 Å². The molecule has 4 atom stereocenters. The van der Waals surface area contributed by atoms with Crippen molar-refractivity contribution in [2.45, 2.75) is 31.5 Å². The van der Waals surface area contributed by atoms with Crippen LogP contribution < -0.4 is 10.9 Å². The highest BCUT2D eigenvalue weighted by atomic mass is 16.6. The molecule has 1 aliphatic heterocycles. The molecule has 0 amide bonds. The van der Waals surface area contributed by atoms with E-state index in [1.54, 1.807) is 18.5 Å². The van der Waals surface area contributed by atoms with Gasteiger partial charge in [-0.2, -0.15) is 0 Å². The third-order valence-corrected chi connectivity index (χ3v) is 3.42. The lowest BCUT2D eigenvalue weighted by Crippen LogP contribution is -2.30. The molecule has 0 aromatic carbocycles. The number of aliphatic hydroxyl groups is 2. The van der Waals surface area contributed by atoms with E-state index in [2.05, 4.69) is 15.0 Å². The standard InChI is InChI=1S/C11H16N6O3/c1-5-7(18)8(19)11(20-5)17-4-15-6-9(16(2)12)13-3-14-10(6)17/h3-5,7-8,11,18-19H,12H2,1-2H3/t5-,7-,8-,11-/m1/s1. The Morgan fingerprint density at radius 1 is 1.30 bits per heavy atom. The summed E-state index contributed by atoms with van der Waals surface area (Å²) < 4.78 is 7.13. The fraction of sp³-hybridized carbons (Fsp3) is 0.545. The Hall–Kier alpha value is -1.81. The molecule has 20 heavy (non-hydrogen) atoms. The first-order chi connectivity index (χ1) is 9.50. The van der Waals surface area contributed by atoms with E-state index in [0.717, 1.165) is 0 Å². The normalized spacial score (nSPS) is 30.1. The maximum absolute atomic E-state index is 10.0. The third kappa shape index (κ3) is 1.83. The van der Waals surface area contributed by atoms with Gasteiger partial charge in [0.2, 0.25) is 0 Å². The number of hydrogen-bond acceptors (Lipinski definition) is 8. The van der Waals surface area contributed by atoms with Crippen LogP contribution in [0.5, 0.6) is 0 Å². The van der Waals surface area contributed by atoms with Crippen molar-refractivity contribution in [3.8, 4) is 0 Å².